The molecule has 2 aromatic rings. The zero-order chi connectivity index (χ0) is 21.0. The zero-order valence-electron chi connectivity index (χ0n) is 16.9. The van der Waals surface area contributed by atoms with Crippen LogP contribution in [0.5, 0.6) is 0 Å². The number of hydrogen-bond donors (Lipinski definition) is 1. The number of hydrogen-bond acceptors (Lipinski definition) is 6. The molecule has 0 amide bonds. The highest BCUT2D eigenvalue weighted by Gasteiger charge is 2.40. The van der Waals surface area contributed by atoms with Gasteiger partial charge in [-0.05, 0) is 31.9 Å². The van der Waals surface area contributed by atoms with Crippen LogP contribution in [0.15, 0.2) is 71.5 Å². The number of hydrazone groups is 1. The Hall–Kier alpha value is -3.41. The van der Waals surface area contributed by atoms with Gasteiger partial charge in [0.15, 0.2) is 0 Å². The Morgan fingerprint density at radius 2 is 1.48 bits per heavy atom. The van der Waals surface area contributed by atoms with Crippen LogP contribution in [0.3, 0.4) is 0 Å². The molecular weight excluding hydrogens is 368 g/mol. The number of rotatable bonds is 4. The molecule has 1 aliphatic rings. The van der Waals surface area contributed by atoms with E-state index in [2.05, 4.69) is 10.5 Å². The highest BCUT2D eigenvalue weighted by atomic mass is 16.6. The summed E-state index contributed by atoms with van der Waals surface area (Å²) in [5, 5.41) is 4.37. The highest BCUT2D eigenvalue weighted by molar-refractivity contribution is 6.22. The summed E-state index contributed by atoms with van der Waals surface area (Å²) in [4.78, 5) is 25.8. The Morgan fingerprint density at radius 1 is 0.931 bits per heavy atom. The van der Waals surface area contributed by atoms with Crippen molar-refractivity contribution in [2.75, 3.05) is 7.11 Å². The molecule has 0 fully saturated rings. The molecule has 150 valence electrons. The lowest BCUT2D eigenvalue weighted by atomic mass is 9.83. The van der Waals surface area contributed by atoms with Gasteiger partial charge < -0.3 is 9.47 Å². The molecule has 1 N–H and O–H groups in total. The van der Waals surface area contributed by atoms with Gasteiger partial charge in [0.25, 0.3) is 0 Å². The standard InChI is InChI=1S/C23H24N2O4/c1-23(2,3)29-21(26)18-17(15-11-7-5-8-12-15)20(22(27)28-4)25-24-19(18)16-13-9-6-10-14-16/h5-14,18,25H,1-4H3. The van der Waals surface area contributed by atoms with Crippen molar-refractivity contribution in [1.82, 2.24) is 5.43 Å². The van der Waals surface area contributed by atoms with Crippen molar-refractivity contribution in [3.8, 4) is 0 Å². The Labute approximate surface area is 170 Å². The second kappa shape index (κ2) is 8.31. The van der Waals surface area contributed by atoms with E-state index in [4.69, 9.17) is 9.47 Å². The van der Waals surface area contributed by atoms with Crippen LogP contribution in [-0.2, 0) is 19.1 Å². The lowest BCUT2D eigenvalue weighted by Crippen LogP contribution is -2.39. The molecule has 0 radical (unpaired) electrons. The molecular formula is C23H24N2O4. The molecule has 0 saturated heterocycles. The average molecular weight is 392 g/mol. The fourth-order valence-corrected chi connectivity index (χ4v) is 3.14. The van der Waals surface area contributed by atoms with Crippen LogP contribution in [0.2, 0.25) is 0 Å². The second-order valence-electron chi connectivity index (χ2n) is 7.59. The van der Waals surface area contributed by atoms with Crippen LogP contribution in [-0.4, -0.2) is 30.4 Å². The van der Waals surface area contributed by atoms with Crippen LogP contribution >= 0.6 is 0 Å². The first kappa shape index (κ1) is 20.3. The molecule has 0 saturated carbocycles. The summed E-state index contributed by atoms with van der Waals surface area (Å²) >= 11 is 0. The third-order valence-corrected chi connectivity index (χ3v) is 4.31. The van der Waals surface area contributed by atoms with Crippen LogP contribution in [0.1, 0.15) is 31.9 Å². The maximum absolute atomic E-state index is 13.3. The minimum atomic E-state index is -0.894. The fourth-order valence-electron chi connectivity index (χ4n) is 3.14. The largest absolute Gasteiger partial charge is 0.464 e. The third kappa shape index (κ3) is 4.54. The lowest BCUT2D eigenvalue weighted by Gasteiger charge is -2.30. The van der Waals surface area contributed by atoms with Gasteiger partial charge in [-0.1, -0.05) is 60.7 Å². The molecule has 0 aliphatic carbocycles. The van der Waals surface area contributed by atoms with Crippen molar-refractivity contribution in [2.24, 2.45) is 11.0 Å². The van der Waals surface area contributed by atoms with Gasteiger partial charge in [0, 0.05) is 5.57 Å². The summed E-state index contributed by atoms with van der Waals surface area (Å²) in [5.74, 6) is -1.98. The molecule has 1 atom stereocenters. The summed E-state index contributed by atoms with van der Waals surface area (Å²) in [5.41, 5.74) is 4.64. The number of nitrogens with one attached hydrogen (secondary N) is 1. The van der Waals surface area contributed by atoms with Crippen molar-refractivity contribution in [3.63, 3.8) is 0 Å². The fraction of sp³-hybridized carbons (Fsp3) is 0.261. The average Bonchev–Trinajstić information content (AvgIpc) is 2.72. The van der Waals surface area contributed by atoms with Crippen LogP contribution in [0.4, 0.5) is 0 Å². The van der Waals surface area contributed by atoms with Crippen LogP contribution in [0.25, 0.3) is 5.57 Å². The summed E-state index contributed by atoms with van der Waals surface area (Å²) in [7, 11) is 1.29. The van der Waals surface area contributed by atoms with Crippen LogP contribution in [0, 0.1) is 5.92 Å². The van der Waals surface area contributed by atoms with E-state index in [1.165, 1.54) is 7.11 Å². The van der Waals surface area contributed by atoms with E-state index in [1.54, 1.807) is 20.8 Å². The van der Waals surface area contributed by atoms with Crippen molar-refractivity contribution in [3.05, 3.63) is 77.5 Å². The van der Waals surface area contributed by atoms with E-state index < -0.39 is 23.5 Å². The summed E-state index contributed by atoms with van der Waals surface area (Å²) < 4.78 is 10.6. The van der Waals surface area contributed by atoms with E-state index >= 15 is 0 Å². The molecule has 1 unspecified atom stereocenters. The SMILES string of the molecule is COC(=O)C1=C(c2ccccc2)C(C(=O)OC(C)(C)C)C(c2ccccc2)=NN1. The topological polar surface area (TPSA) is 77.0 Å². The van der Waals surface area contributed by atoms with Gasteiger partial charge >= 0.3 is 11.9 Å². The van der Waals surface area contributed by atoms with E-state index in [0.717, 1.165) is 5.56 Å². The van der Waals surface area contributed by atoms with E-state index in [0.29, 0.717) is 16.8 Å². The number of methoxy groups -OCH3 is 1. The predicted molar refractivity (Wildman–Crippen MR) is 111 cm³/mol. The minimum Gasteiger partial charge on any atom is -0.464 e. The quantitative estimate of drug-likeness (QED) is 0.806. The van der Waals surface area contributed by atoms with Crippen molar-refractivity contribution < 1.29 is 19.1 Å². The number of carbonyl (C=O) groups is 2. The Bertz CT molecular complexity index is 957. The van der Waals surface area contributed by atoms with Gasteiger partial charge in [0.05, 0.1) is 12.8 Å². The minimum absolute atomic E-state index is 0.120. The zero-order valence-corrected chi connectivity index (χ0v) is 16.9. The number of ether oxygens (including phenoxy) is 2. The summed E-state index contributed by atoms with van der Waals surface area (Å²) in [6.45, 7) is 5.41. The monoisotopic (exact) mass is 392 g/mol. The van der Waals surface area contributed by atoms with E-state index in [-0.39, 0.29) is 5.70 Å². The Kier molecular flexibility index (Phi) is 5.82. The first-order valence-corrected chi connectivity index (χ1v) is 9.31. The van der Waals surface area contributed by atoms with Gasteiger partial charge in [0.1, 0.15) is 17.2 Å². The van der Waals surface area contributed by atoms with E-state index in [9.17, 15) is 9.59 Å². The van der Waals surface area contributed by atoms with Gasteiger partial charge in [-0.2, -0.15) is 5.10 Å². The predicted octanol–water partition coefficient (Wildman–Crippen LogP) is 3.54. The van der Waals surface area contributed by atoms with Crippen molar-refractivity contribution >= 4 is 23.2 Å². The van der Waals surface area contributed by atoms with Crippen LogP contribution < -0.4 is 5.43 Å². The maximum Gasteiger partial charge on any atom is 0.356 e. The maximum atomic E-state index is 13.3. The molecule has 6 heteroatoms. The normalized spacial score (nSPS) is 16.6. The van der Waals surface area contributed by atoms with E-state index in [1.807, 2.05) is 60.7 Å². The summed E-state index contributed by atoms with van der Waals surface area (Å²) in [6, 6.07) is 18.6. The number of esters is 2. The molecule has 0 aromatic heterocycles. The van der Waals surface area contributed by atoms with Gasteiger partial charge in [-0.25, -0.2) is 4.79 Å². The number of nitrogens with zero attached hydrogens (tertiary/aromatic N) is 1. The first-order chi connectivity index (χ1) is 13.8. The Balaban J connectivity index is 2.21. The van der Waals surface area contributed by atoms with Gasteiger partial charge in [0.2, 0.25) is 0 Å². The molecule has 2 aromatic carbocycles. The smallest absolute Gasteiger partial charge is 0.356 e. The highest BCUT2D eigenvalue weighted by Crippen LogP contribution is 2.34. The molecule has 1 aliphatic heterocycles. The molecule has 29 heavy (non-hydrogen) atoms. The lowest BCUT2D eigenvalue weighted by molar-refractivity contribution is -0.155. The van der Waals surface area contributed by atoms with Crippen molar-refractivity contribution in [2.45, 2.75) is 26.4 Å². The summed E-state index contributed by atoms with van der Waals surface area (Å²) in [6.07, 6.45) is 0. The van der Waals surface area contributed by atoms with Gasteiger partial charge in [-0.15, -0.1) is 0 Å². The molecule has 0 spiro atoms. The molecule has 6 nitrogen and oxygen atoms in total. The van der Waals surface area contributed by atoms with Crippen molar-refractivity contribution in [1.29, 1.82) is 0 Å². The molecule has 3 rings (SSSR count). The third-order valence-electron chi connectivity index (χ3n) is 4.31. The molecule has 0 bridgehead atoms. The first-order valence-electron chi connectivity index (χ1n) is 9.31. The number of benzene rings is 2. The molecule has 1 heterocycles. The Morgan fingerprint density at radius 3 is 2.00 bits per heavy atom. The number of carbonyl (C=O) groups excluding carboxylic acids is 2. The van der Waals surface area contributed by atoms with Gasteiger partial charge in [-0.3, -0.25) is 10.2 Å². The second-order valence-corrected chi connectivity index (χ2v) is 7.59.